The molecule has 0 radical (unpaired) electrons. The minimum atomic E-state index is -0.457. The zero-order valence-electron chi connectivity index (χ0n) is 13.7. The van der Waals surface area contributed by atoms with E-state index in [0.29, 0.717) is 20.6 Å². The van der Waals surface area contributed by atoms with Gasteiger partial charge in [0.1, 0.15) is 0 Å². The predicted molar refractivity (Wildman–Crippen MR) is 103 cm³/mol. The van der Waals surface area contributed by atoms with Crippen LogP contribution >= 0.6 is 23.1 Å². The average molecular weight is 383 g/mol. The van der Waals surface area contributed by atoms with Gasteiger partial charge in [-0.15, -0.1) is 18.2 Å². The van der Waals surface area contributed by atoms with Crippen LogP contribution in [0.3, 0.4) is 0 Å². The van der Waals surface area contributed by atoms with E-state index in [0.717, 1.165) is 4.90 Å². The van der Waals surface area contributed by atoms with Crippen molar-refractivity contribution in [3.05, 3.63) is 62.9 Å². The molecule has 0 saturated carbocycles. The molecule has 3 aromatic rings. The fourth-order valence-electron chi connectivity index (χ4n) is 2.47. The molecule has 8 heteroatoms. The van der Waals surface area contributed by atoms with Crippen molar-refractivity contribution in [3.8, 4) is 12.3 Å². The molecule has 0 fully saturated rings. The molecule has 0 N–H and O–H groups in total. The van der Waals surface area contributed by atoms with Gasteiger partial charge in [-0.25, -0.2) is 0 Å². The molecule has 130 valence electrons. The van der Waals surface area contributed by atoms with E-state index < -0.39 is 4.92 Å². The first-order chi connectivity index (χ1) is 12.5. The number of thiazole rings is 1. The number of benzene rings is 2. The van der Waals surface area contributed by atoms with Crippen molar-refractivity contribution in [2.24, 2.45) is 4.99 Å². The van der Waals surface area contributed by atoms with Crippen LogP contribution in [0.25, 0.3) is 10.2 Å². The standard InChI is InChI=1S/C18H13N3O3S2/c1-3-10-20-14-9-8-12(21(23)24)11-16(14)26-18(20)19-17(22)13-6-4-5-7-15(13)25-2/h1,4-9,11H,10H2,2H3. The number of amides is 1. The van der Waals surface area contributed by atoms with Gasteiger partial charge >= 0.3 is 0 Å². The summed E-state index contributed by atoms with van der Waals surface area (Å²) in [5.74, 6) is 2.16. The van der Waals surface area contributed by atoms with Gasteiger partial charge in [0.15, 0.2) is 4.80 Å². The lowest BCUT2D eigenvalue weighted by atomic mass is 10.2. The molecule has 0 spiro atoms. The Hall–Kier alpha value is -2.89. The summed E-state index contributed by atoms with van der Waals surface area (Å²) in [6.45, 7) is 0.216. The van der Waals surface area contributed by atoms with Gasteiger partial charge in [0.05, 0.1) is 27.2 Å². The third kappa shape index (κ3) is 3.40. The van der Waals surface area contributed by atoms with Crippen molar-refractivity contribution < 1.29 is 9.72 Å². The minimum absolute atomic E-state index is 0.0165. The number of terminal acetylenes is 1. The predicted octanol–water partition coefficient (Wildman–Crippen LogP) is 3.71. The Morgan fingerprint density at radius 2 is 2.15 bits per heavy atom. The highest BCUT2D eigenvalue weighted by molar-refractivity contribution is 7.98. The molecular formula is C18H13N3O3S2. The Morgan fingerprint density at radius 1 is 1.38 bits per heavy atom. The van der Waals surface area contributed by atoms with Crippen LogP contribution in [0.1, 0.15) is 10.4 Å². The highest BCUT2D eigenvalue weighted by Gasteiger charge is 2.14. The molecule has 0 saturated heterocycles. The lowest BCUT2D eigenvalue weighted by Crippen LogP contribution is -2.16. The summed E-state index contributed by atoms with van der Waals surface area (Å²) in [4.78, 5) is 28.7. The van der Waals surface area contributed by atoms with E-state index in [4.69, 9.17) is 6.42 Å². The van der Waals surface area contributed by atoms with Crippen molar-refractivity contribution in [1.82, 2.24) is 4.57 Å². The largest absolute Gasteiger partial charge is 0.305 e. The first-order valence-electron chi connectivity index (χ1n) is 7.48. The maximum atomic E-state index is 12.7. The first kappa shape index (κ1) is 17.9. The van der Waals surface area contributed by atoms with Gasteiger partial charge in [0.25, 0.3) is 11.6 Å². The van der Waals surface area contributed by atoms with Gasteiger partial charge in [0, 0.05) is 17.0 Å². The highest BCUT2D eigenvalue weighted by atomic mass is 32.2. The molecule has 0 aliphatic rings. The second-order valence-electron chi connectivity index (χ2n) is 5.20. The Morgan fingerprint density at radius 3 is 2.85 bits per heavy atom. The Labute approximate surface area is 157 Å². The summed E-state index contributed by atoms with van der Waals surface area (Å²) in [5, 5.41) is 11.0. The molecule has 1 aromatic heterocycles. The number of rotatable bonds is 4. The molecule has 6 nitrogen and oxygen atoms in total. The topological polar surface area (TPSA) is 77.5 Å². The third-order valence-corrected chi connectivity index (χ3v) is 5.50. The van der Waals surface area contributed by atoms with E-state index in [1.807, 2.05) is 18.4 Å². The molecule has 2 aromatic carbocycles. The summed E-state index contributed by atoms with van der Waals surface area (Å²) in [7, 11) is 0. The molecule has 0 unspecified atom stereocenters. The summed E-state index contributed by atoms with van der Waals surface area (Å²) in [6.07, 6.45) is 7.33. The Balaban J connectivity index is 2.18. The smallest absolute Gasteiger partial charge is 0.280 e. The van der Waals surface area contributed by atoms with E-state index in [2.05, 4.69) is 10.9 Å². The van der Waals surface area contributed by atoms with Crippen LogP contribution in [0.5, 0.6) is 0 Å². The van der Waals surface area contributed by atoms with Crippen molar-refractivity contribution in [1.29, 1.82) is 0 Å². The number of hydrogen-bond donors (Lipinski definition) is 0. The van der Waals surface area contributed by atoms with Crippen LogP contribution in [-0.2, 0) is 6.54 Å². The lowest BCUT2D eigenvalue weighted by molar-refractivity contribution is -0.384. The van der Waals surface area contributed by atoms with Gasteiger partial charge in [-0.2, -0.15) is 4.99 Å². The van der Waals surface area contributed by atoms with Crippen molar-refractivity contribution >= 4 is 44.9 Å². The average Bonchev–Trinajstić information content (AvgIpc) is 2.98. The summed E-state index contributed by atoms with van der Waals surface area (Å²) >= 11 is 2.67. The summed E-state index contributed by atoms with van der Waals surface area (Å²) in [5.41, 5.74) is 1.20. The van der Waals surface area contributed by atoms with Crippen molar-refractivity contribution in [2.45, 2.75) is 11.4 Å². The number of aromatic nitrogens is 1. The van der Waals surface area contributed by atoms with Crippen molar-refractivity contribution in [2.75, 3.05) is 6.26 Å². The first-order valence-corrected chi connectivity index (χ1v) is 9.52. The second kappa shape index (κ2) is 7.56. The number of nitrogens with zero attached hydrogens (tertiary/aromatic N) is 3. The number of non-ortho nitro benzene ring substituents is 1. The van der Waals surface area contributed by atoms with Gasteiger partial charge < -0.3 is 4.57 Å². The van der Waals surface area contributed by atoms with E-state index in [1.54, 1.807) is 22.8 Å². The Bertz CT molecular complexity index is 1120. The van der Waals surface area contributed by atoms with Crippen LogP contribution in [0.2, 0.25) is 0 Å². The SMILES string of the molecule is C#CCn1c(=NC(=O)c2ccccc2SC)sc2cc([N+](=O)[O-])ccc21. The van der Waals surface area contributed by atoms with Crippen molar-refractivity contribution in [3.63, 3.8) is 0 Å². The number of carbonyl (C=O) groups is 1. The molecule has 26 heavy (non-hydrogen) atoms. The molecular weight excluding hydrogens is 370 g/mol. The van der Waals surface area contributed by atoms with Gasteiger partial charge in [-0.1, -0.05) is 29.4 Å². The van der Waals surface area contributed by atoms with Gasteiger partial charge in [-0.05, 0) is 24.5 Å². The molecule has 0 aliphatic heterocycles. The normalized spacial score (nSPS) is 11.5. The molecule has 0 bridgehead atoms. The zero-order chi connectivity index (χ0) is 18.7. The minimum Gasteiger partial charge on any atom is -0.305 e. The third-order valence-electron chi connectivity index (χ3n) is 3.66. The maximum absolute atomic E-state index is 12.7. The quantitative estimate of drug-likeness (QED) is 0.298. The summed E-state index contributed by atoms with van der Waals surface area (Å²) in [6, 6.07) is 11.7. The van der Waals surface area contributed by atoms with Crippen LogP contribution in [0, 0.1) is 22.5 Å². The van der Waals surface area contributed by atoms with Gasteiger partial charge in [-0.3, -0.25) is 14.9 Å². The van der Waals surface area contributed by atoms with E-state index >= 15 is 0 Å². The maximum Gasteiger partial charge on any atom is 0.280 e. The molecule has 0 atom stereocenters. The molecule has 1 amide bonds. The fraction of sp³-hybridized carbons (Fsp3) is 0.111. The molecule has 0 aliphatic carbocycles. The van der Waals surface area contributed by atoms with E-state index in [9.17, 15) is 14.9 Å². The highest BCUT2D eigenvalue weighted by Crippen LogP contribution is 2.24. The number of thioether (sulfide) groups is 1. The van der Waals surface area contributed by atoms with E-state index in [-0.39, 0.29) is 18.1 Å². The number of nitro groups is 1. The number of carbonyl (C=O) groups excluding carboxylic acids is 1. The van der Waals surface area contributed by atoms with Crippen LogP contribution in [0.4, 0.5) is 5.69 Å². The molecule has 3 rings (SSSR count). The lowest BCUT2D eigenvalue weighted by Gasteiger charge is -2.02. The van der Waals surface area contributed by atoms with Crippen LogP contribution < -0.4 is 4.80 Å². The van der Waals surface area contributed by atoms with Gasteiger partial charge in [0.2, 0.25) is 0 Å². The van der Waals surface area contributed by atoms with E-state index in [1.165, 1.54) is 35.2 Å². The number of nitro benzene ring substituents is 1. The fourth-order valence-corrected chi connectivity index (χ4v) is 4.12. The molecule has 1 heterocycles. The number of hydrogen-bond acceptors (Lipinski definition) is 5. The second-order valence-corrected chi connectivity index (χ2v) is 7.06. The summed E-state index contributed by atoms with van der Waals surface area (Å²) < 4.78 is 2.36. The zero-order valence-corrected chi connectivity index (χ0v) is 15.3. The van der Waals surface area contributed by atoms with Crippen LogP contribution in [-0.4, -0.2) is 21.7 Å². The monoisotopic (exact) mass is 383 g/mol. The number of fused-ring (bicyclic) bond motifs is 1. The van der Waals surface area contributed by atoms with Crippen LogP contribution in [0.15, 0.2) is 52.4 Å². The Kier molecular flexibility index (Phi) is 5.21.